The fraction of sp³-hybridized carbons (Fsp3) is 0.412. The molecule has 1 saturated heterocycles. The van der Waals surface area contributed by atoms with Gasteiger partial charge in [0.25, 0.3) is 0 Å². The highest BCUT2D eigenvalue weighted by molar-refractivity contribution is 6.22. The van der Waals surface area contributed by atoms with Gasteiger partial charge >= 0.3 is 0 Å². The van der Waals surface area contributed by atoms with Gasteiger partial charge in [-0.25, -0.2) is 0 Å². The summed E-state index contributed by atoms with van der Waals surface area (Å²) in [5.74, 6) is -0.383. The van der Waals surface area contributed by atoms with E-state index >= 15 is 0 Å². The van der Waals surface area contributed by atoms with Gasteiger partial charge in [-0.05, 0) is 56.9 Å². The van der Waals surface area contributed by atoms with E-state index in [0.29, 0.717) is 6.42 Å². The van der Waals surface area contributed by atoms with E-state index in [1.807, 2.05) is 39.0 Å². The second-order valence-corrected chi connectivity index (χ2v) is 6.06. The first-order chi connectivity index (χ1) is 9.47. The maximum atomic E-state index is 12.6. The summed E-state index contributed by atoms with van der Waals surface area (Å²) in [4.78, 5) is 26.6. The molecule has 2 atom stereocenters. The molecule has 2 amide bonds. The minimum absolute atomic E-state index is 0.0301. The van der Waals surface area contributed by atoms with Gasteiger partial charge in [0.05, 0.1) is 17.5 Å². The Kier molecular flexibility index (Phi) is 3.00. The topological polar surface area (TPSA) is 37.4 Å². The van der Waals surface area contributed by atoms with Gasteiger partial charge in [-0.3, -0.25) is 14.5 Å². The van der Waals surface area contributed by atoms with E-state index in [4.69, 9.17) is 0 Å². The zero-order valence-electron chi connectivity index (χ0n) is 12.1. The molecule has 1 aliphatic carbocycles. The highest BCUT2D eigenvalue weighted by Gasteiger charge is 2.48. The van der Waals surface area contributed by atoms with Crippen LogP contribution < -0.4 is 4.90 Å². The number of anilines is 1. The second-order valence-electron chi connectivity index (χ2n) is 6.06. The SMILES string of the molecule is CC1=CCC2C(=O)N(c3cc(C)cc(C)c3)C(=O)C2C1. The lowest BCUT2D eigenvalue weighted by molar-refractivity contribution is -0.122. The van der Waals surface area contributed by atoms with Gasteiger partial charge in [0, 0.05) is 0 Å². The number of imide groups is 1. The van der Waals surface area contributed by atoms with Crippen molar-refractivity contribution < 1.29 is 9.59 Å². The standard InChI is InChI=1S/C17H19NO2/c1-10-4-5-14-15(9-10)17(20)18(16(14)19)13-7-11(2)6-12(3)8-13/h4,6-8,14-15H,5,9H2,1-3H3. The van der Waals surface area contributed by atoms with Crippen LogP contribution >= 0.6 is 0 Å². The molecule has 1 aliphatic heterocycles. The van der Waals surface area contributed by atoms with Crippen molar-refractivity contribution >= 4 is 17.5 Å². The number of hydrogen-bond donors (Lipinski definition) is 0. The number of hydrogen-bond acceptors (Lipinski definition) is 2. The van der Waals surface area contributed by atoms with Crippen LogP contribution in [0.15, 0.2) is 29.8 Å². The number of rotatable bonds is 1. The zero-order chi connectivity index (χ0) is 14.4. The van der Waals surface area contributed by atoms with Gasteiger partial charge in [-0.15, -0.1) is 0 Å². The highest BCUT2D eigenvalue weighted by atomic mass is 16.2. The molecule has 2 aliphatic rings. The molecule has 1 fully saturated rings. The quantitative estimate of drug-likeness (QED) is 0.580. The molecule has 0 bridgehead atoms. The third-order valence-electron chi connectivity index (χ3n) is 4.29. The van der Waals surface area contributed by atoms with Gasteiger partial charge in [0.1, 0.15) is 0 Å². The Morgan fingerprint density at radius 1 is 0.950 bits per heavy atom. The first kappa shape index (κ1) is 13.1. The second kappa shape index (κ2) is 4.58. The van der Waals surface area contributed by atoms with E-state index in [0.717, 1.165) is 23.2 Å². The number of nitrogens with zero attached hydrogens (tertiary/aromatic N) is 1. The summed E-state index contributed by atoms with van der Waals surface area (Å²) >= 11 is 0. The van der Waals surface area contributed by atoms with Gasteiger partial charge < -0.3 is 0 Å². The van der Waals surface area contributed by atoms with Crippen LogP contribution in [0.1, 0.15) is 30.9 Å². The molecule has 3 rings (SSSR count). The van der Waals surface area contributed by atoms with Gasteiger partial charge in [0.15, 0.2) is 0 Å². The molecule has 0 N–H and O–H groups in total. The predicted molar refractivity (Wildman–Crippen MR) is 78.4 cm³/mol. The molecule has 3 heteroatoms. The summed E-state index contributed by atoms with van der Waals surface area (Å²) in [6.07, 6.45) is 3.51. The van der Waals surface area contributed by atoms with Crippen molar-refractivity contribution in [1.82, 2.24) is 0 Å². The summed E-state index contributed by atoms with van der Waals surface area (Å²) in [5.41, 5.74) is 4.09. The molecule has 1 heterocycles. The molecular weight excluding hydrogens is 250 g/mol. The lowest BCUT2D eigenvalue weighted by atomic mass is 9.82. The van der Waals surface area contributed by atoms with Crippen LogP contribution in [0.5, 0.6) is 0 Å². The van der Waals surface area contributed by atoms with Crippen molar-refractivity contribution in [2.24, 2.45) is 11.8 Å². The van der Waals surface area contributed by atoms with Crippen LogP contribution in [-0.2, 0) is 9.59 Å². The van der Waals surface area contributed by atoms with Crippen LogP contribution in [-0.4, -0.2) is 11.8 Å². The first-order valence-corrected chi connectivity index (χ1v) is 7.09. The number of aryl methyl sites for hydroxylation is 2. The number of carbonyl (C=O) groups is 2. The van der Waals surface area contributed by atoms with Crippen LogP contribution in [0.3, 0.4) is 0 Å². The Morgan fingerprint density at radius 3 is 2.20 bits per heavy atom. The van der Waals surface area contributed by atoms with Crippen LogP contribution in [0.25, 0.3) is 0 Å². The van der Waals surface area contributed by atoms with E-state index in [1.165, 1.54) is 10.5 Å². The first-order valence-electron chi connectivity index (χ1n) is 7.09. The van der Waals surface area contributed by atoms with Gasteiger partial charge in [-0.2, -0.15) is 0 Å². The normalized spacial score (nSPS) is 25.8. The van der Waals surface area contributed by atoms with E-state index in [1.54, 1.807) is 0 Å². The number of benzene rings is 1. The Bertz CT molecular complexity index is 610. The van der Waals surface area contributed by atoms with E-state index in [2.05, 4.69) is 6.08 Å². The average molecular weight is 269 g/mol. The van der Waals surface area contributed by atoms with Crippen LogP contribution in [0.4, 0.5) is 5.69 Å². The van der Waals surface area contributed by atoms with E-state index < -0.39 is 0 Å². The summed E-state index contributed by atoms with van der Waals surface area (Å²) in [5, 5.41) is 0. The largest absolute Gasteiger partial charge is 0.274 e. The number of fused-ring (bicyclic) bond motifs is 1. The lowest BCUT2D eigenvalue weighted by Gasteiger charge is -2.18. The van der Waals surface area contributed by atoms with E-state index in [-0.39, 0.29) is 23.7 Å². The van der Waals surface area contributed by atoms with Crippen molar-refractivity contribution in [3.8, 4) is 0 Å². The smallest absolute Gasteiger partial charge is 0.238 e. The number of carbonyl (C=O) groups excluding carboxylic acids is 2. The van der Waals surface area contributed by atoms with Crippen LogP contribution in [0.2, 0.25) is 0 Å². The Balaban J connectivity index is 2.00. The molecule has 0 radical (unpaired) electrons. The zero-order valence-corrected chi connectivity index (χ0v) is 12.1. The number of amides is 2. The number of allylic oxidation sites excluding steroid dienone is 2. The summed E-state index contributed by atoms with van der Waals surface area (Å²) < 4.78 is 0. The summed E-state index contributed by atoms with van der Waals surface area (Å²) in [7, 11) is 0. The van der Waals surface area contributed by atoms with Gasteiger partial charge in [0.2, 0.25) is 11.8 Å². The molecule has 2 unspecified atom stereocenters. The summed E-state index contributed by atoms with van der Waals surface area (Å²) in [6, 6.07) is 5.88. The third-order valence-corrected chi connectivity index (χ3v) is 4.29. The monoisotopic (exact) mass is 269 g/mol. The average Bonchev–Trinajstić information content (AvgIpc) is 2.60. The molecule has 3 nitrogen and oxygen atoms in total. The van der Waals surface area contributed by atoms with Crippen molar-refractivity contribution in [2.45, 2.75) is 33.6 Å². The maximum Gasteiger partial charge on any atom is 0.238 e. The molecule has 0 saturated carbocycles. The van der Waals surface area contributed by atoms with Crippen LogP contribution in [0, 0.1) is 25.7 Å². The molecule has 1 aromatic carbocycles. The highest BCUT2D eigenvalue weighted by Crippen LogP contribution is 2.39. The minimum atomic E-state index is -0.160. The van der Waals surface area contributed by atoms with Crippen molar-refractivity contribution in [3.05, 3.63) is 41.0 Å². The molecular formula is C17H19NO2. The molecule has 20 heavy (non-hydrogen) atoms. The summed E-state index contributed by atoms with van der Waals surface area (Å²) in [6.45, 7) is 6.01. The minimum Gasteiger partial charge on any atom is -0.274 e. The molecule has 0 aromatic heterocycles. The molecule has 104 valence electrons. The van der Waals surface area contributed by atoms with E-state index in [9.17, 15) is 9.59 Å². The van der Waals surface area contributed by atoms with Crippen molar-refractivity contribution in [1.29, 1.82) is 0 Å². The van der Waals surface area contributed by atoms with Crippen molar-refractivity contribution in [2.75, 3.05) is 4.90 Å². The predicted octanol–water partition coefficient (Wildman–Crippen LogP) is 3.15. The maximum absolute atomic E-state index is 12.6. The fourth-order valence-corrected chi connectivity index (χ4v) is 3.37. The Labute approximate surface area is 119 Å². The van der Waals surface area contributed by atoms with Gasteiger partial charge in [-0.1, -0.05) is 17.7 Å². The lowest BCUT2D eigenvalue weighted by Crippen LogP contribution is -2.31. The third kappa shape index (κ3) is 1.98. The fourth-order valence-electron chi connectivity index (χ4n) is 3.37. The molecule has 0 spiro atoms. The Hall–Kier alpha value is -1.90. The Morgan fingerprint density at radius 2 is 1.55 bits per heavy atom. The van der Waals surface area contributed by atoms with Crippen molar-refractivity contribution in [3.63, 3.8) is 0 Å². The molecule has 1 aromatic rings.